The Kier molecular flexibility index (Phi) is 6.65. The Hall–Kier alpha value is -0.0800. The predicted octanol–water partition coefficient (Wildman–Crippen LogP) is 3.52. The molecule has 2 atom stereocenters. The smallest absolute Gasteiger partial charge is 0.0105 e. The van der Waals surface area contributed by atoms with Crippen LogP contribution in [0.1, 0.15) is 60.3 Å². The van der Waals surface area contributed by atoms with Crippen molar-refractivity contribution in [2.45, 2.75) is 66.3 Å². The van der Waals surface area contributed by atoms with Gasteiger partial charge in [0.1, 0.15) is 0 Å². The molecule has 1 N–H and O–H groups in total. The summed E-state index contributed by atoms with van der Waals surface area (Å²) in [5, 5.41) is 3.56. The normalized spacial score (nSPS) is 24.5. The van der Waals surface area contributed by atoms with Gasteiger partial charge in [-0.05, 0) is 70.1 Å². The van der Waals surface area contributed by atoms with E-state index in [4.69, 9.17) is 0 Å². The van der Waals surface area contributed by atoms with Crippen LogP contribution in [0, 0.1) is 11.3 Å². The van der Waals surface area contributed by atoms with Crippen molar-refractivity contribution in [3.05, 3.63) is 0 Å². The summed E-state index contributed by atoms with van der Waals surface area (Å²) in [5.41, 5.74) is 0.554. The summed E-state index contributed by atoms with van der Waals surface area (Å²) in [6, 6.07) is 0.711. The summed E-state index contributed by atoms with van der Waals surface area (Å²) in [5.74, 6) is 0.748. The molecule has 2 nitrogen and oxygen atoms in total. The van der Waals surface area contributed by atoms with Crippen LogP contribution in [-0.2, 0) is 0 Å². The lowest BCUT2D eigenvalue weighted by Crippen LogP contribution is -2.42. The Morgan fingerprint density at radius 1 is 1.17 bits per heavy atom. The average molecular weight is 254 g/mol. The van der Waals surface area contributed by atoms with Crippen LogP contribution < -0.4 is 5.32 Å². The fourth-order valence-corrected chi connectivity index (χ4v) is 2.89. The van der Waals surface area contributed by atoms with Gasteiger partial charge in [0, 0.05) is 6.04 Å². The van der Waals surface area contributed by atoms with E-state index in [1.807, 2.05) is 0 Å². The van der Waals surface area contributed by atoms with Crippen LogP contribution in [0.25, 0.3) is 0 Å². The van der Waals surface area contributed by atoms with E-state index in [0.717, 1.165) is 19.0 Å². The highest BCUT2D eigenvalue weighted by Gasteiger charge is 2.27. The van der Waals surface area contributed by atoms with Gasteiger partial charge < -0.3 is 10.2 Å². The van der Waals surface area contributed by atoms with E-state index in [0.29, 0.717) is 11.5 Å². The molecule has 18 heavy (non-hydrogen) atoms. The molecule has 2 heteroatoms. The van der Waals surface area contributed by atoms with Crippen LogP contribution in [-0.4, -0.2) is 37.1 Å². The molecule has 1 saturated heterocycles. The third-order valence-corrected chi connectivity index (χ3v) is 4.67. The van der Waals surface area contributed by atoms with Gasteiger partial charge in [-0.1, -0.05) is 27.7 Å². The van der Waals surface area contributed by atoms with Crippen molar-refractivity contribution in [1.29, 1.82) is 0 Å². The molecule has 0 aromatic heterocycles. The van der Waals surface area contributed by atoms with Crippen LogP contribution in [0.2, 0.25) is 0 Å². The largest absolute Gasteiger partial charge is 0.316 e. The minimum absolute atomic E-state index is 0.554. The molecule has 0 spiro atoms. The Balaban J connectivity index is 2.38. The van der Waals surface area contributed by atoms with E-state index < -0.39 is 0 Å². The zero-order valence-electron chi connectivity index (χ0n) is 13.3. The molecule has 1 aliphatic rings. The summed E-state index contributed by atoms with van der Waals surface area (Å²) in [6.07, 6.45) is 5.34. The van der Waals surface area contributed by atoms with Gasteiger partial charge in [-0.25, -0.2) is 0 Å². The molecule has 1 heterocycles. The van der Waals surface area contributed by atoms with Crippen molar-refractivity contribution in [1.82, 2.24) is 10.2 Å². The minimum atomic E-state index is 0.554. The first-order chi connectivity index (χ1) is 8.46. The van der Waals surface area contributed by atoms with Gasteiger partial charge in [0.25, 0.3) is 0 Å². The molecule has 0 bridgehead atoms. The van der Waals surface area contributed by atoms with Crippen LogP contribution >= 0.6 is 0 Å². The molecule has 0 radical (unpaired) electrons. The maximum absolute atomic E-state index is 3.56. The van der Waals surface area contributed by atoms with Crippen LogP contribution in [0.3, 0.4) is 0 Å². The molecular formula is C16H34N2. The van der Waals surface area contributed by atoms with Crippen LogP contribution in [0.4, 0.5) is 0 Å². The highest BCUT2D eigenvalue weighted by Crippen LogP contribution is 2.31. The Labute approximate surface area is 115 Å². The average Bonchev–Trinajstić information content (AvgIpc) is 2.49. The SMILES string of the molecule is CCCNCC(C)C(C)N1CCCC(C)(C)CC1. The first-order valence-corrected chi connectivity index (χ1v) is 7.91. The second kappa shape index (κ2) is 7.49. The first-order valence-electron chi connectivity index (χ1n) is 7.91. The van der Waals surface area contributed by atoms with E-state index in [2.05, 4.69) is 44.8 Å². The monoisotopic (exact) mass is 254 g/mol. The van der Waals surface area contributed by atoms with Crippen molar-refractivity contribution in [2.75, 3.05) is 26.2 Å². The van der Waals surface area contributed by atoms with E-state index in [1.54, 1.807) is 0 Å². The lowest BCUT2D eigenvalue weighted by Gasteiger charge is -2.33. The summed E-state index contributed by atoms with van der Waals surface area (Å²) in [4.78, 5) is 2.72. The van der Waals surface area contributed by atoms with Gasteiger partial charge in [0.15, 0.2) is 0 Å². The number of hydrogen-bond donors (Lipinski definition) is 1. The van der Waals surface area contributed by atoms with Gasteiger partial charge in [0.05, 0.1) is 0 Å². The van der Waals surface area contributed by atoms with Crippen molar-refractivity contribution < 1.29 is 0 Å². The van der Waals surface area contributed by atoms with Gasteiger partial charge >= 0.3 is 0 Å². The van der Waals surface area contributed by atoms with Crippen LogP contribution in [0.5, 0.6) is 0 Å². The van der Waals surface area contributed by atoms with Crippen molar-refractivity contribution in [3.8, 4) is 0 Å². The van der Waals surface area contributed by atoms with Crippen molar-refractivity contribution in [2.24, 2.45) is 11.3 Å². The fraction of sp³-hybridized carbons (Fsp3) is 1.00. The van der Waals surface area contributed by atoms with E-state index in [1.165, 1.54) is 38.8 Å². The first kappa shape index (κ1) is 16.0. The van der Waals surface area contributed by atoms with Crippen molar-refractivity contribution >= 4 is 0 Å². The Morgan fingerprint density at radius 2 is 1.89 bits per heavy atom. The predicted molar refractivity (Wildman–Crippen MR) is 81.0 cm³/mol. The molecular weight excluding hydrogens is 220 g/mol. The lowest BCUT2D eigenvalue weighted by molar-refractivity contribution is 0.159. The lowest BCUT2D eigenvalue weighted by atomic mass is 9.85. The number of hydrogen-bond acceptors (Lipinski definition) is 2. The molecule has 108 valence electrons. The fourth-order valence-electron chi connectivity index (χ4n) is 2.89. The molecule has 0 aromatic rings. The highest BCUT2D eigenvalue weighted by molar-refractivity contribution is 4.81. The topological polar surface area (TPSA) is 15.3 Å². The molecule has 0 saturated carbocycles. The third kappa shape index (κ3) is 5.27. The van der Waals surface area contributed by atoms with E-state index in [-0.39, 0.29) is 0 Å². The quantitative estimate of drug-likeness (QED) is 0.730. The number of rotatable bonds is 6. The molecule has 0 aromatic carbocycles. The summed E-state index contributed by atoms with van der Waals surface area (Å²) < 4.78 is 0. The maximum Gasteiger partial charge on any atom is 0.0105 e. The minimum Gasteiger partial charge on any atom is -0.316 e. The molecule has 2 unspecified atom stereocenters. The van der Waals surface area contributed by atoms with E-state index in [9.17, 15) is 0 Å². The maximum atomic E-state index is 3.56. The van der Waals surface area contributed by atoms with Gasteiger partial charge in [-0.15, -0.1) is 0 Å². The zero-order valence-corrected chi connectivity index (χ0v) is 13.3. The second-order valence-corrected chi connectivity index (χ2v) is 6.98. The standard InChI is InChI=1S/C16H34N2/c1-6-10-17-13-14(2)15(3)18-11-7-8-16(4,5)9-12-18/h14-15,17H,6-13H2,1-5H3. The molecule has 1 rings (SSSR count). The number of nitrogens with one attached hydrogen (secondary N) is 1. The van der Waals surface area contributed by atoms with E-state index >= 15 is 0 Å². The Morgan fingerprint density at radius 3 is 2.56 bits per heavy atom. The number of nitrogens with zero attached hydrogens (tertiary/aromatic N) is 1. The molecule has 1 fully saturated rings. The molecule has 1 aliphatic heterocycles. The summed E-state index contributed by atoms with van der Waals surface area (Å²) >= 11 is 0. The third-order valence-electron chi connectivity index (χ3n) is 4.67. The van der Waals surface area contributed by atoms with Gasteiger partial charge in [-0.2, -0.15) is 0 Å². The highest BCUT2D eigenvalue weighted by atomic mass is 15.2. The second-order valence-electron chi connectivity index (χ2n) is 6.98. The van der Waals surface area contributed by atoms with Crippen molar-refractivity contribution in [3.63, 3.8) is 0 Å². The van der Waals surface area contributed by atoms with Gasteiger partial charge in [-0.3, -0.25) is 0 Å². The summed E-state index contributed by atoms with van der Waals surface area (Å²) in [7, 11) is 0. The Bertz CT molecular complexity index is 225. The summed E-state index contributed by atoms with van der Waals surface area (Å²) in [6.45, 7) is 16.8. The molecule has 0 amide bonds. The zero-order chi connectivity index (χ0) is 13.6. The number of likely N-dealkylation sites (tertiary alicyclic amines) is 1. The molecule has 0 aliphatic carbocycles. The van der Waals surface area contributed by atoms with Gasteiger partial charge in [0.2, 0.25) is 0 Å². The van der Waals surface area contributed by atoms with Crippen LogP contribution in [0.15, 0.2) is 0 Å².